The summed E-state index contributed by atoms with van der Waals surface area (Å²) in [5.74, 6) is 0.299. The first kappa shape index (κ1) is 6.90. The molecule has 2 N–H and O–H groups in total. The van der Waals surface area contributed by atoms with Crippen LogP contribution in [0.5, 0.6) is 0 Å². The number of anilines is 1. The zero-order chi connectivity index (χ0) is 7.72. The van der Waals surface area contributed by atoms with Gasteiger partial charge in [0.25, 0.3) is 0 Å². The predicted octanol–water partition coefficient (Wildman–Crippen LogP) is 0.527. The minimum Gasteiger partial charge on any atom is -0.383 e. The van der Waals surface area contributed by atoms with E-state index >= 15 is 0 Å². The summed E-state index contributed by atoms with van der Waals surface area (Å²) in [4.78, 5) is 0. The Morgan fingerprint density at radius 2 is 2.40 bits per heavy atom. The van der Waals surface area contributed by atoms with Crippen LogP contribution < -0.4 is 5.73 Å². The van der Waals surface area contributed by atoms with Gasteiger partial charge in [-0.2, -0.15) is 10.4 Å². The lowest BCUT2D eigenvalue weighted by Crippen LogP contribution is -1.97. The van der Waals surface area contributed by atoms with Gasteiger partial charge < -0.3 is 5.73 Å². The van der Waals surface area contributed by atoms with Crippen molar-refractivity contribution in [2.45, 2.75) is 0 Å². The number of aromatic nitrogens is 2. The topological polar surface area (TPSA) is 67.6 Å². The maximum atomic E-state index is 8.44. The van der Waals surface area contributed by atoms with Crippen LogP contribution in [0.15, 0.2) is 0 Å². The molecule has 4 nitrogen and oxygen atoms in total. The SMILES string of the molecule is Cn1nc(Cl)c(C#N)c1N. The molecule has 1 heterocycles. The molecule has 0 aromatic carbocycles. The molecule has 10 heavy (non-hydrogen) atoms. The molecular weight excluding hydrogens is 152 g/mol. The van der Waals surface area contributed by atoms with Gasteiger partial charge in [-0.05, 0) is 0 Å². The fourth-order valence-electron chi connectivity index (χ4n) is 0.606. The first-order valence-electron chi connectivity index (χ1n) is 2.55. The fourth-order valence-corrected chi connectivity index (χ4v) is 0.859. The highest BCUT2D eigenvalue weighted by molar-refractivity contribution is 6.30. The second-order valence-corrected chi connectivity index (χ2v) is 2.14. The molecule has 0 saturated heterocycles. The molecule has 0 aliphatic rings. The molecule has 52 valence electrons. The van der Waals surface area contributed by atoms with Crippen molar-refractivity contribution >= 4 is 17.4 Å². The second-order valence-electron chi connectivity index (χ2n) is 1.79. The third-order valence-corrected chi connectivity index (χ3v) is 1.43. The van der Waals surface area contributed by atoms with Crippen molar-refractivity contribution < 1.29 is 0 Å². The van der Waals surface area contributed by atoms with Gasteiger partial charge in [-0.25, -0.2) is 0 Å². The van der Waals surface area contributed by atoms with Gasteiger partial charge in [-0.3, -0.25) is 4.68 Å². The number of hydrogen-bond acceptors (Lipinski definition) is 3. The van der Waals surface area contributed by atoms with Crippen molar-refractivity contribution in [2.75, 3.05) is 5.73 Å². The molecule has 0 amide bonds. The standard InChI is InChI=1S/C5H5ClN4/c1-10-5(8)3(2-7)4(6)9-10/h8H2,1H3. The molecule has 1 aromatic rings. The average molecular weight is 157 g/mol. The number of nitriles is 1. The Kier molecular flexibility index (Phi) is 1.52. The molecule has 0 fully saturated rings. The molecule has 0 aliphatic carbocycles. The molecular formula is C5H5ClN4. The molecule has 0 spiro atoms. The van der Waals surface area contributed by atoms with Gasteiger partial charge >= 0.3 is 0 Å². The molecule has 1 aromatic heterocycles. The third kappa shape index (κ3) is 0.807. The van der Waals surface area contributed by atoms with Gasteiger partial charge in [0.15, 0.2) is 5.15 Å². The van der Waals surface area contributed by atoms with Crippen molar-refractivity contribution in [2.24, 2.45) is 7.05 Å². The Morgan fingerprint density at radius 3 is 2.60 bits per heavy atom. The highest BCUT2D eigenvalue weighted by Crippen LogP contribution is 2.18. The number of aryl methyl sites for hydroxylation is 1. The zero-order valence-corrected chi connectivity index (χ0v) is 6.05. The highest BCUT2D eigenvalue weighted by Gasteiger charge is 2.09. The van der Waals surface area contributed by atoms with Gasteiger partial charge in [0.2, 0.25) is 0 Å². The van der Waals surface area contributed by atoms with E-state index in [1.807, 2.05) is 6.07 Å². The van der Waals surface area contributed by atoms with Crippen LogP contribution >= 0.6 is 11.6 Å². The molecule has 0 radical (unpaired) electrons. The summed E-state index contributed by atoms with van der Waals surface area (Å²) in [6.45, 7) is 0. The van der Waals surface area contributed by atoms with E-state index in [2.05, 4.69) is 5.10 Å². The van der Waals surface area contributed by atoms with Crippen LogP contribution in [0.4, 0.5) is 5.82 Å². The number of nitrogen functional groups attached to an aromatic ring is 1. The second kappa shape index (κ2) is 2.20. The van der Waals surface area contributed by atoms with Crippen LogP contribution in [0.1, 0.15) is 5.56 Å². The van der Waals surface area contributed by atoms with Crippen molar-refractivity contribution in [1.29, 1.82) is 5.26 Å². The summed E-state index contributed by atoms with van der Waals surface area (Å²) < 4.78 is 1.36. The minimum atomic E-state index is 0.155. The van der Waals surface area contributed by atoms with Crippen LogP contribution in [0.3, 0.4) is 0 Å². The molecule has 0 aliphatic heterocycles. The van der Waals surface area contributed by atoms with Crippen LogP contribution in [0.25, 0.3) is 0 Å². The first-order chi connectivity index (χ1) is 4.66. The van der Waals surface area contributed by atoms with Crippen molar-refractivity contribution in [3.63, 3.8) is 0 Å². The van der Waals surface area contributed by atoms with Crippen LogP contribution in [0.2, 0.25) is 5.15 Å². The number of halogens is 1. The number of nitrogens with zero attached hydrogens (tertiary/aromatic N) is 3. The summed E-state index contributed by atoms with van der Waals surface area (Å²) in [5, 5.41) is 12.3. The molecule has 0 saturated carbocycles. The van der Waals surface area contributed by atoms with Gasteiger partial charge in [-0.15, -0.1) is 0 Å². The lowest BCUT2D eigenvalue weighted by Gasteiger charge is -1.89. The molecule has 5 heteroatoms. The zero-order valence-electron chi connectivity index (χ0n) is 5.30. The summed E-state index contributed by atoms with van der Waals surface area (Å²) in [7, 11) is 1.63. The van der Waals surface area contributed by atoms with Crippen LogP contribution in [-0.4, -0.2) is 9.78 Å². The first-order valence-corrected chi connectivity index (χ1v) is 2.92. The lowest BCUT2D eigenvalue weighted by atomic mass is 10.4. The summed E-state index contributed by atoms with van der Waals surface area (Å²) in [5.41, 5.74) is 5.65. The number of nitrogens with two attached hydrogens (primary N) is 1. The van der Waals surface area contributed by atoms with E-state index in [0.29, 0.717) is 5.82 Å². The van der Waals surface area contributed by atoms with Gasteiger partial charge in [-0.1, -0.05) is 11.6 Å². The smallest absolute Gasteiger partial charge is 0.171 e. The molecule has 0 unspecified atom stereocenters. The van der Waals surface area contributed by atoms with Crippen molar-refractivity contribution in [3.8, 4) is 6.07 Å². The molecule has 0 atom stereocenters. The fraction of sp³-hybridized carbons (Fsp3) is 0.200. The maximum Gasteiger partial charge on any atom is 0.171 e. The van der Waals surface area contributed by atoms with E-state index in [1.54, 1.807) is 7.05 Å². The van der Waals surface area contributed by atoms with E-state index in [0.717, 1.165) is 0 Å². The minimum absolute atomic E-state index is 0.155. The summed E-state index contributed by atoms with van der Waals surface area (Å²) in [6, 6.07) is 1.84. The van der Waals surface area contributed by atoms with Gasteiger partial charge in [0, 0.05) is 7.05 Å². The Morgan fingerprint density at radius 1 is 1.80 bits per heavy atom. The largest absolute Gasteiger partial charge is 0.383 e. The Hall–Kier alpha value is -1.21. The Balaban J connectivity index is 3.37. The highest BCUT2D eigenvalue weighted by atomic mass is 35.5. The van der Waals surface area contributed by atoms with Gasteiger partial charge in [0.1, 0.15) is 17.5 Å². The van der Waals surface area contributed by atoms with E-state index < -0.39 is 0 Å². The monoisotopic (exact) mass is 156 g/mol. The summed E-state index contributed by atoms with van der Waals surface area (Å²) in [6.07, 6.45) is 0. The van der Waals surface area contributed by atoms with E-state index in [9.17, 15) is 0 Å². The van der Waals surface area contributed by atoms with Crippen LogP contribution in [-0.2, 0) is 7.05 Å². The maximum absolute atomic E-state index is 8.44. The average Bonchev–Trinajstić information content (AvgIpc) is 2.09. The summed E-state index contributed by atoms with van der Waals surface area (Å²) >= 11 is 5.52. The van der Waals surface area contributed by atoms with Crippen molar-refractivity contribution in [3.05, 3.63) is 10.7 Å². The molecule has 1 rings (SSSR count). The molecule has 0 bridgehead atoms. The van der Waals surface area contributed by atoms with E-state index in [4.69, 9.17) is 22.6 Å². The lowest BCUT2D eigenvalue weighted by molar-refractivity contribution is 0.779. The number of rotatable bonds is 0. The van der Waals surface area contributed by atoms with Crippen molar-refractivity contribution in [1.82, 2.24) is 9.78 Å². The van der Waals surface area contributed by atoms with E-state index in [-0.39, 0.29) is 10.7 Å². The Labute approximate surface area is 62.8 Å². The van der Waals surface area contributed by atoms with Gasteiger partial charge in [0.05, 0.1) is 0 Å². The normalized spacial score (nSPS) is 9.30. The third-order valence-electron chi connectivity index (χ3n) is 1.16. The number of hydrogen-bond donors (Lipinski definition) is 1. The van der Waals surface area contributed by atoms with E-state index in [1.165, 1.54) is 4.68 Å². The Bertz CT molecular complexity index is 295. The predicted molar refractivity (Wildman–Crippen MR) is 37.3 cm³/mol. The van der Waals surface area contributed by atoms with Crippen LogP contribution in [0, 0.1) is 11.3 Å². The quantitative estimate of drug-likeness (QED) is 0.596.